The van der Waals surface area contributed by atoms with E-state index in [1.165, 1.54) is 6.07 Å². The van der Waals surface area contributed by atoms with Crippen LogP contribution in [0.1, 0.15) is 22.6 Å². The number of hydrogen-bond donors (Lipinski definition) is 1. The van der Waals surface area contributed by atoms with Gasteiger partial charge in [0.2, 0.25) is 5.91 Å². The average molecular weight is 376 g/mol. The van der Waals surface area contributed by atoms with Gasteiger partial charge in [-0.1, -0.05) is 17.7 Å². The number of benzene rings is 1. The van der Waals surface area contributed by atoms with Crippen LogP contribution in [0.5, 0.6) is 0 Å². The summed E-state index contributed by atoms with van der Waals surface area (Å²) in [6, 6.07) is 6.40. The second-order valence-electron chi connectivity index (χ2n) is 6.08. The highest BCUT2D eigenvalue weighted by Gasteiger charge is 2.17. The zero-order valence-corrected chi connectivity index (χ0v) is 15.5. The van der Waals surface area contributed by atoms with Crippen LogP contribution >= 0.6 is 11.6 Å². The van der Waals surface area contributed by atoms with Crippen LogP contribution in [0, 0.1) is 26.6 Å². The number of carbonyl (C=O) groups excluding carboxylic acids is 1. The normalized spacial score (nSPS) is 11.0. The van der Waals surface area contributed by atoms with Gasteiger partial charge in [-0.3, -0.25) is 14.2 Å². The molecule has 1 amide bonds. The molecule has 0 aliphatic heterocycles. The second-order valence-corrected chi connectivity index (χ2v) is 6.49. The van der Waals surface area contributed by atoms with E-state index in [4.69, 9.17) is 11.6 Å². The van der Waals surface area contributed by atoms with Crippen molar-refractivity contribution in [2.24, 2.45) is 0 Å². The third-order valence-electron chi connectivity index (χ3n) is 4.24. The highest BCUT2D eigenvalue weighted by Crippen LogP contribution is 2.24. The largest absolute Gasteiger partial charge is 0.321 e. The topological polar surface area (TPSA) is 64.7 Å². The van der Waals surface area contributed by atoms with E-state index < -0.39 is 0 Å². The van der Waals surface area contributed by atoms with Crippen molar-refractivity contribution in [2.75, 3.05) is 5.32 Å². The molecule has 0 atom stereocenters. The van der Waals surface area contributed by atoms with Crippen LogP contribution in [-0.4, -0.2) is 25.5 Å². The molecule has 0 saturated heterocycles. The predicted molar refractivity (Wildman–Crippen MR) is 97.8 cm³/mol. The van der Waals surface area contributed by atoms with Gasteiger partial charge in [0, 0.05) is 22.5 Å². The maximum absolute atomic E-state index is 14.0. The first-order valence-electron chi connectivity index (χ1n) is 8.12. The number of anilines is 1. The van der Waals surface area contributed by atoms with Gasteiger partial charge in [-0.2, -0.15) is 10.2 Å². The van der Waals surface area contributed by atoms with Crippen LogP contribution in [0.2, 0.25) is 5.02 Å². The number of nitrogens with one attached hydrogen (secondary N) is 1. The Kier molecular flexibility index (Phi) is 5.08. The first kappa shape index (κ1) is 18.1. The molecule has 1 aromatic carbocycles. The Morgan fingerprint density at radius 2 is 2.00 bits per heavy atom. The Labute approximate surface area is 155 Å². The van der Waals surface area contributed by atoms with Crippen LogP contribution in [0.3, 0.4) is 0 Å². The smallest absolute Gasteiger partial charge is 0.246 e. The van der Waals surface area contributed by atoms with E-state index in [0.29, 0.717) is 22.0 Å². The summed E-state index contributed by atoms with van der Waals surface area (Å²) in [5.41, 5.74) is 3.27. The van der Waals surface area contributed by atoms with Crippen molar-refractivity contribution in [3.63, 3.8) is 0 Å². The highest BCUT2D eigenvalue weighted by molar-refractivity contribution is 6.31. The predicted octanol–water partition coefficient (Wildman–Crippen LogP) is 3.48. The fourth-order valence-electron chi connectivity index (χ4n) is 2.74. The van der Waals surface area contributed by atoms with Gasteiger partial charge in [-0.25, -0.2) is 4.39 Å². The lowest BCUT2D eigenvalue weighted by molar-refractivity contribution is -0.116. The molecule has 2 heterocycles. The minimum Gasteiger partial charge on any atom is -0.321 e. The molecule has 0 saturated carbocycles. The van der Waals surface area contributed by atoms with E-state index in [0.717, 1.165) is 11.4 Å². The molecule has 8 heteroatoms. The summed E-state index contributed by atoms with van der Waals surface area (Å²) in [5, 5.41) is 11.7. The van der Waals surface area contributed by atoms with Crippen LogP contribution < -0.4 is 5.32 Å². The lowest BCUT2D eigenvalue weighted by Gasteiger charge is -2.09. The summed E-state index contributed by atoms with van der Waals surface area (Å²) in [4.78, 5) is 12.3. The van der Waals surface area contributed by atoms with Crippen molar-refractivity contribution in [3.8, 4) is 0 Å². The summed E-state index contributed by atoms with van der Waals surface area (Å²) in [7, 11) is 0. The Morgan fingerprint density at radius 1 is 1.23 bits per heavy atom. The third kappa shape index (κ3) is 3.62. The van der Waals surface area contributed by atoms with E-state index in [1.807, 2.05) is 19.9 Å². The van der Waals surface area contributed by atoms with Crippen molar-refractivity contribution < 1.29 is 9.18 Å². The van der Waals surface area contributed by atoms with Gasteiger partial charge in [0.15, 0.2) is 0 Å². The van der Waals surface area contributed by atoms with E-state index in [2.05, 4.69) is 15.5 Å². The van der Waals surface area contributed by atoms with Crippen molar-refractivity contribution in [1.29, 1.82) is 0 Å². The molecule has 3 aromatic rings. The minimum absolute atomic E-state index is 0.113. The number of aromatic nitrogens is 4. The van der Waals surface area contributed by atoms with Crippen LogP contribution in [0.15, 0.2) is 30.5 Å². The lowest BCUT2D eigenvalue weighted by atomic mass is 10.2. The number of carbonyl (C=O) groups is 1. The number of aryl methyl sites for hydroxylation is 2. The van der Waals surface area contributed by atoms with Crippen LogP contribution in [0.4, 0.5) is 10.1 Å². The van der Waals surface area contributed by atoms with Gasteiger partial charge in [0.1, 0.15) is 12.4 Å². The van der Waals surface area contributed by atoms with E-state index >= 15 is 0 Å². The van der Waals surface area contributed by atoms with Crippen molar-refractivity contribution in [3.05, 3.63) is 63.9 Å². The molecule has 0 bridgehead atoms. The maximum Gasteiger partial charge on any atom is 0.246 e. The van der Waals surface area contributed by atoms with Gasteiger partial charge >= 0.3 is 0 Å². The van der Waals surface area contributed by atoms with E-state index in [9.17, 15) is 9.18 Å². The minimum atomic E-state index is -0.384. The summed E-state index contributed by atoms with van der Waals surface area (Å²) in [6.45, 7) is 5.80. The summed E-state index contributed by atoms with van der Waals surface area (Å²) < 4.78 is 17.3. The lowest BCUT2D eigenvalue weighted by Crippen LogP contribution is -2.21. The monoisotopic (exact) mass is 375 g/mol. The molecule has 26 heavy (non-hydrogen) atoms. The zero-order valence-electron chi connectivity index (χ0n) is 14.8. The van der Waals surface area contributed by atoms with Crippen LogP contribution in [0.25, 0.3) is 0 Å². The molecule has 3 rings (SSSR count). The number of halogens is 2. The molecule has 0 spiro atoms. The molecule has 0 aliphatic carbocycles. The van der Waals surface area contributed by atoms with Crippen LogP contribution in [-0.2, 0) is 17.9 Å². The SMILES string of the molecule is Cc1nn(Cc2c(F)cccc2Cl)c(C)c1NC(=O)Cn1nccc1C. The highest BCUT2D eigenvalue weighted by atomic mass is 35.5. The zero-order chi connectivity index (χ0) is 18.8. The number of amides is 1. The number of rotatable bonds is 5. The number of nitrogens with zero attached hydrogens (tertiary/aromatic N) is 4. The molecule has 6 nitrogen and oxygen atoms in total. The fraction of sp³-hybridized carbons (Fsp3) is 0.278. The fourth-order valence-corrected chi connectivity index (χ4v) is 2.97. The van der Waals surface area contributed by atoms with Gasteiger partial charge < -0.3 is 5.32 Å². The summed E-state index contributed by atoms with van der Waals surface area (Å²) >= 11 is 6.10. The maximum atomic E-state index is 14.0. The molecule has 0 fully saturated rings. The van der Waals surface area contributed by atoms with E-state index in [-0.39, 0.29) is 24.8 Å². The second kappa shape index (κ2) is 7.29. The molecule has 0 unspecified atom stereocenters. The molecular formula is C18H19ClFN5O. The van der Waals surface area contributed by atoms with Crippen molar-refractivity contribution in [2.45, 2.75) is 33.9 Å². The quantitative estimate of drug-likeness (QED) is 0.742. The average Bonchev–Trinajstić information content (AvgIpc) is 3.09. The molecule has 136 valence electrons. The molecular weight excluding hydrogens is 357 g/mol. The van der Waals surface area contributed by atoms with Gasteiger partial charge in [0.25, 0.3) is 0 Å². The van der Waals surface area contributed by atoms with Crippen molar-refractivity contribution >= 4 is 23.2 Å². The standard InChI is InChI=1S/C18H19ClFN5O/c1-11-7-8-21-24(11)10-17(26)22-18-12(2)23-25(13(18)3)9-14-15(19)5-4-6-16(14)20/h4-8H,9-10H2,1-3H3,(H,22,26). The Hall–Kier alpha value is -2.67. The Morgan fingerprint density at radius 3 is 2.65 bits per heavy atom. The molecule has 0 aliphatic rings. The van der Waals surface area contributed by atoms with Gasteiger partial charge in [-0.15, -0.1) is 0 Å². The first-order valence-corrected chi connectivity index (χ1v) is 8.49. The summed E-state index contributed by atoms with van der Waals surface area (Å²) in [6.07, 6.45) is 1.65. The first-order chi connectivity index (χ1) is 12.4. The molecule has 1 N–H and O–H groups in total. The Bertz CT molecular complexity index is 942. The molecule has 0 radical (unpaired) electrons. The van der Waals surface area contributed by atoms with Crippen molar-refractivity contribution in [1.82, 2.24) is 19.6 Å². The number of hydrogen-bond acceptors (Lipinski definition) is 3. The van der Waals surface area contributed by atoms with E-state index in [1.54, 1.807) is 34.6 Å². The summed E-state index contributed by atoms with van der Waals surface area (Å²) in [5.74, 6) is -0.587. The van der Waals surface area contributed by atoms with Gasteiger partial charge in [0.05, 0.1) is 23.6 Å². The third-order valence-corrected chi connectivity index (χ3v) is 4.59. The molecule has 2 aromatic heterocycles. The Balaban J connectivity index is 1.80. The van der Waals surface area contributed by atoms with Gasteiger partial charge in [-0.05, 0) is 39.0 Å².